The second-order valence-corrected chi connectivity index (χ2v) is 4.35. The molecule has 0 saturated heterocycles. The molecule has 2 N–H and O–H groups in total. The molecule has 0 spiro atoms. The maximum Gasteiger partial charge on any atom is 0.104 e. The second kappa shape index (κ2) is 12.0. The van der Waals surface area contributed by atoms with Crippen LogP contribution in [0.1, 0.15) is 71.6 Å². The molecule has 0 aromatic heterocycles. The molecule has 0 rings (SSSR count). The molecule has 0 amide bonds. The van der Waals surface area contributed by atoms with E-state index >= 15 is 0 Å². The number of aliphatic hydroxyl groups excluding tert-OH is 1. The van der Waals surface area contributed by atoms with E-state index in [-0.39, 0.29) is 6.23 Å². The molecule has 0 aliphatic carbocycles. The summed E-state index contributed by atoms with van der Waals surface area (Å²) in [4.78, 5) is 0. The van der Waals surface area contributed by atoms with Crippen molar-refractivity contribution in [3.05, 3.63) is 0 Å². The first-order chi connectivity index (χ1) is 7.31. The zero-order chi connectivity index (χ0) is 11.4. The average Bonchev–Trinajstić information content (AvgIpc) is 2.26. The van der Waals surface area contributed by atoms with Gasteiger partial charge in [-0.25, -0.2) is 0 Å². The highest BCUT2D eigenvalue weighted by Crippen LogP contribution is 2.07. The van der Waals surface area contributed by atoms with Crippen LogP contribution in [0.4, 0.5) is 0 Å². The molecule has 0 heterocycles. The van der Waals surface area contributed by atoms with Crippen LogP contribution in [0.25, 0.3) is 0 Å². The fourth-order valence-corrected chi connectivity index (χ4v) is 1.67. The van der Waals surface area contributed by atoms with Crippen LogP contribution in [0.2, 0.25) is 0 Å². The van der Waals surface area contributed by atoms with Gasteiger partial charge < -0.3 is 5.11 Å². The van der Waals surface area contributed by atoms with E-state index in [1.54, 1.807) is 0 Å². The predicted octanol–water partition coefficient (Wildman–Crippen LogP) is 3.45. The van der Waals surface area contributed by atoms with Crippen molar-refractivity contribution in [3.8, 4) is 0 Å². The van der Waals surface area contributed by atoms with E-state index in [2.05, 4.69) is 12.2 Å². The van der Waals surface area contributed by atoms with Gasteiger partial charge >= 0.3 is 0 Å². The molecule has 0 aliphatic heterocycles. The molecule has 1 unspecified atom stereocenters. The van der Waals surface area contributed by atoms with Crippen LogP contribution < -0.4 is 5.32 Å². The minimum atomic E-state index is -0.297. The quantitative estimate of drug-likeness (QED) is 0.409. The normalized spacial score (nSPS) is 13.0. The highest BCUT2D eigenvalue weighted by Gasteiger charge is 1.97. The lowest BCUT2D eigenvalue weighted by atomic mass is 10.1. The second-order valence-electron chi connectivity index (χ2n) is 4.35. The number of hydrogen-bond acceptors (Lipinski definition) is 2. The lowest BCUT2D eigenvalue weighted by Gasteiger charge is -2.09. The van der Waals surface area contributed by atoms with Gasteiger partial charge in [0.1, 0.15) is 6.23 Å². The van der Waals surface area contributed by atoms with E-state index in [9.17, 15) is 5.11 Å². The SMILES string of the molecule is CCCCCCCCCCNC(O)CC. The minimum Gasteiger partial charge on any atom is -0.379 e. The Hall–Kier alpha value is -0.0800. The molecule has 2 nitrogen and oxygen atoms in total. The van der Waals surface area contributed by atoms with Gasteiger partial charge in [0.2, 0.25) is 0 Å². The van der Waals surface area contributed by atoms with Crippen molar-refractivity contribution in [2.45, 2.75) is 77.9 Å². The maximum atomic E-state index is 9.25. The van der Waals surface area contributed by atoms with Crippen LogP contribution in [0.3, 0.4) is 0 Å². The summed E-state index contributed by atoms with van der Waals surface area (Å²) < 4.78 is 0. The molecule has 0 fully saturated rings. The van der Waals surface area contributed by atoms with Gasteiger partial charge in [0.25, 0.3) is 0 Å². The van der Waals surface area contributed by atoms with Crippen LogP contribution in [-0.4, -0.2) is 17.9 Å². The van der Waals surface area contributed by atoms with Crippen molar-refractivity contribution < 1.29 is 5.11 Å². The largest absolute Gasteiger partial charge is 0.379 e. The van der Waals surface area contributed by atoms with E-state index in [4.69, 9.17) is 0 Å². The number of hydrogen-bond donors (Lipinski definition) is 2. The molecule has 15 heavy (non-hydrogen) atoms. The van der Waals surface area contributed by atoms with Crippen molar-refractivity contribution in [2.24, 2.45) is 0 Å². The third kappa shape index (κ3) is 11.8. The lowest BCUT2D eigenvalue weighted by Crippen LogP contribution is -2.28. The number of rotatable bonds is 11. The fraction of sp³-hybridized carbons (Fsp3) is 1.00. The van der Waals surface area contributed by atoms with E-state index in [0.717, 1.165) is 13.0 Å². The summed E-state index contributed by atoms with van der Waals surface area (Å²) in [6, 6.07) is 0. The van der Waals surface area contributed by atoms with E-state index < -0.39 is 0 Å². The molecule has 0 aromatic rings. The molecule has 0 bridgehead atoms. The Morgan fingerprint density at radius 2 is 1.40 bits per heavy atom. The van der Waals surface area contributed by atoms with Gasteiger partial charge in [-0.05, 0) is 19.4 Å². The summed E-state index contributed by atoms with van der Waals surface area (Å²) in [7, 11) is 0. The van der Waals surface area contributed by atoms with Gasteiger partial charge in [0.05, 0.1) is 0 Å². The molecular formula is C13H29NO. The summed E-state index contributed by atoms with van der Waals surface area (Å²) in [5.74, 6) is 0. The highest BCUT2D eigenvalue weighted by atomic mass is 16.3. The topological polar surface area (TPSA) is 32.3 Å². The van der Waals surface area contributed by atoms with Crippen LogP contribution in [0.15, 0.2) is 0 Å². The molecule has 0 aromatic carbocycles. The molecule has 0 saturated carbocycles. The molecule has 2 heteroatoms. The first kappa shape index (κ1) is 14.9. The van der Waals surface area contributed by atoms with Crippen LogP contribution in [0, 0.1) is 0 Å². The van der Waals surface area contributed by atoms with Crippen molar-refractivity contribution in [3.63, 3.8) is 0 Å². The van der Waals surface area contributed by atoms with Crippen molar-refractivity contribution in [1.82, 2.24) is 5.32 Å². The predicted molar refractivity (Wildman–Crippen MR) is 66.9 cm³/mol. The Kier molecular flexibility index (Phi) is 11.9. The van der Waals surface area contributed by atoms with Gasteiger partial charge in [-0.15, -0.1) is 0 Å². The summed E-state index contributed by atoms with van der Waals surface area (Å²) in [6.07, 6.45) is 11.3. The Balaban J connectivity index is 2.92. The van der Waals surface area contributed by atoms with E-state index in [1.165, 1.54) is 51.4 Å². The Morgan fingerprint density at radius 3 is 1.93 bits per heavy atom. The van der Waals surface area contributed by atoms with Gasteiger partial charge in [-0.1, -0.05) is 58.8 Å². The first-order valence-electron chi connectivity index (χ1n) is 6.72. The standard InChI is InChI=1S/C13H29NO/c1-3-5-6-7-8-9-10-11-12-14-13(15)4-2/h13-15H,3-12H2,1-2H3. The highest BCUT2D eigenvalue weighted by molar-refractivity contribution is 4.52. The van der Waals surface area contributed by atoms with Gasteiger partial charge in [-0.3, -0.25) is 5.32 Å². The molecule has 0 aliphatic rings. The average molecular weight is 215 g/mol. The summed E-state index contributed by atoms with van der Waals surface area (Å²) >= 11 is 0. The number of nitrogens with one attached hydrogen (secondary N) is 1. The summed E-state index contributed by atoms with van der Waals surface area (Å²) in [5.41, 5.74) is 0. The van der Waals surface area contributed by atoms with Crippen LogP contribution in [-0.2, 0) is 0 Å². The molecular weight excluding hydrogens is 186 g/mol. The molecule has 1 atom stereocenters. The lowest BCUT2D eigenvalue weighted by molar-refractivity contribution is 0.133. The van der Waals surface area contributed by atoms with Gasteiger partial charge in [0.15, 0.2) is 0 Å². The minimum absolute atomic E-state index is 0.297. The summed E-state index contributed by atoms with van der Waals surface area (Å²) in [6.45, 7) is 5.21. The van der Waals surface area contributed by atoms with Gasteiger partial charge in [-0.2, -0.15) is 0 Å². The monoisotopic (exact) mass is 215 g/mol. The first-order valence-corrected chi connectivity index (χ1v) is 6.72. The third-order valence-corrected chi connectivity index (χ3v) is 2.80. The fourth-order valence-electron chi connectivity index (χ4n) is 1.67. The van der Waals surface area contributed by atoms with Crippen molar-refractivity contribution in [1.29, 1.82) is 0 Å². The third-order valence-electron chi connectivity index (χ3n) is 2.80. The maximum absolute atomic E-state index is 9.25. The van der Waals surface area contributed by atoms with Gasteiger partial charge in [0, 0.05) is 0 Å². The number of aliphatic hydroxyl groups is 1. The molecule has 0 radical (unpaired) electrons. The number of unbranched alkanes of at least 4 members (excludes halogenated alkanes) is 7. The Labute approximate surface area is 95.5 Å². The molecule has 92 valence electrons. The van der Waals surface area contributed by atoms with Crippen LogP contribution in [0.5, 0.6) is 0 Å². The van der Waals surface area contributed by atoms with Crippen molar-refractivity contribution >= 4 is 0 Å². The Bertz CT molecular complexity index is 117. The van der Waals surface area contributed by atoms with E-state index in [0.29, 0.717) is 0 Å². The smallest absolute Gasteiger partial charge is 0.104 e. The van der Waals surface area contributed by atoms with Crippen molar-refractivity contribution in [2.75, 3.05) is 6.54 Å². The zero-order valence-corrected chi connectivity index (χ0v) is 10.6. The zero-order valence-electron chi connectivity index (χ0n) is 10.6. The van der Waals surface area contributed by atoms with Crippen LogP contribution >= 0.6 is 0 Å². The summed E-state index contributed by atoms with van der Waals surface area (Å²) in [5, 5.41) is 12.3. The Morgan fingerprint density at radius 1 is 0.867 bits per heavy atom. The van der Waals surface area contributed by atoms with E-state index in [1.807, 2.05) is 6.92 Å².